The van der Waals surface area contributed by atoms with Crippen LogP contribution in [0.4, 0.5) is 0 Å². The molecule has 148 valence electrons. The predicted octanol–water partition coefficient (Wildman–Crippen LogP) is 2.44. The van der Waals surface area contributed by atoms with Gasteiger partial charge in [-0.25, -0.2) is 13.4 Å². The van der Waals surface area contributed by atoms with E-state index >= 15 is 0 Å². The van der Waals surface area contributed by atoms with Crippen molar-refractivity contribution in [3.05, 3.63) is 48.2 Å². The maximum absolute atomic E-state index is 12.0. The maximum Gasteiger partial charge on any atom is 0.237 e. The largest absolute Gasteiger partial charge is 0.439 e. The SMILES string of the molecule is CCCC(N)C(=O)NCc1cccnc1Oc1cccc(S(C)(=O)=O)c1.Cl. The van der Waals surface area contributed by atoms with Crippen molar-refractivity contribution in [3.8, 4) is 11.6 Å². The number of nitrogens with zero attached hydrogens (tertiary/aromatic N) is 1. The normalized spacial score (nSPS) is 12.0. The Balaban J connectivity index is 0.00000364. The molecule has 0 aliphatic carbocycles. The van der Waals surface area contributed by atoms with Gasteiger partial charge >= 0.3 is 0 Å². The summed E-state index contributed by atoms with van der Waals surface area (Å²) in [5.74, 6) is 0.408. The van der Waals surface area contributed by atoms with Gasteiger partial charge in [0.05, 0.1) is 10.9 Å². The van der Waals surface area contributed by atoms with Crippen molar-refractivity contribution in [1.29, 1.82) is 0 Å². The Morgan fingerprint density at radius 1 is 1.30 bits per heavy atom. The van der Waals surface area contributed by atoms with Crippen LogP contribution in [0.3, 0.4) is 0 Å². The number of halogens is 1. The number of hydrogen-bond acceptors (Lipinski definition) is 6. The number of pyridine rings is 1. The summed E-state index contributed by atoms with van der Waals surface area (Å²) in [4.78, 5) is 16.3. The lowest BCUT2D eigenvalue weighted by Gasteiger charge is -2.13. The molecule has 0 bridgehead atoms. The number of amides is 1. The fourth-order valence-electron chi connectivity index (χ4n) is 2.29. The van der Waals surface area contributed by atoms with E-state index in [4.69, 9.17) is 10.5 Å². The number of rotatable bonds is 8. The Hall–Kier alpha value is -2.16. The standard InChI is InChI=1S/C18H23N3O4S.ClH/c1-3-6-16(19)17(22)21-12-13-7-5-10-20-18(13)25-14-8-4-9-15(11-14)26(2,23)24;/h4-5,7-11,16H,3,6,12,19H2,1-2H3,(H,21,22);1H. The second-order valence-electron chi connectivity index (χ2n) is 5.93. The molecule has 1 unspecified atom stereocenters. The Kier molecular flexibility index (Phi) is 8.68. The van der Waals surface area contributed by atoms with Crippen LogP contribution in [0.5, 0.6) is 11.6 Å². The highest BCUT2D eigenvalue weighted by atomic mass is 35.5. The highest BCUT2D eigenvalue weighted by Gasteiger charge is 2.14. The van der Waals surface area contributed by atoms with Crippen molar-refractivity contribution in [2.24, 2.45) is 5.73 Å². The van der Waals surface area contributed by atoms with Crippen LogP contribution in [0.15, 0.2) is 47.5 Å². The molecule has 0 saturated carbocycles. The van der Waals surface area contributed by atoms with Crippen LogP contribution in [0.25, 0.3) is 0 Å². The first kappa shape index (κ1) is 22.9. The van der Waals surface area contributed by atoms with Gasteiger partial charge in [-0.1, -0.05) is 25.5 Å². The third-order valence-electron chi connectivity index (χ3n) is 3.69. The fourth-order valence-corrected chi connectivity index (χ4v) is 2.94. The van der Waals surface area contributed by atoms with Crippen molar-refractivity contribution in [1.82, 2.24) is 10.3 Å². The molecule has 0 fully saturated rings. The van der Waals surface area contributed by atoms with Crippen LogP contribution in [0.1, 0.15) is 25.3 Å². The van der Waals surface area contributed by atoms with E-state index in [1.807, 2.05) is 6.92 Å². The number of carbonyl (C=O) groups excluding carboxylic acids is 1. The molecule has 1 atom stereocenters. The molecule has 2 aromatic rings. The van der Waals surface area contributed by atoms with Crippen molar-refractivity contribution < 1.29 is 17.9 Å². The van der Waals surface area contributed by atoms with Crippen LogP contribution >= 0.6 is 12.4 Å². The van der Waals surface area contributed by atoms with Gasteiger partial charge in [-0.05, 0) is 30.7 Å². The number of aromatic nitrogens is 1. The molecule has 2 rings (SSSR count). The van der Waals surface area contributed by atoms with Crippen LogP contribution < -0.4 is 15.8 Å². The first-order chi connectivity index (χ1) is 12.3. The summed E-state index contributed by atoms with van der Waals surface area (Å²) in [5.41, 5.74) is 6.46. The zero-order valence-electron chi connectivity index (χ0n) is 15.2. The van der Waals surface area contributed by atoms with E-state index in [0.29, 0.717) is 23.6 Å². The summed E-state index contributed by atoms with van der Waals surface area (Å²) in [6, 6.07) is 9.12. The summed E-state index contributed by atoms with van der Waals surface area (Å²) in [5, 5.41) is 2.77. The van der Waals surface area contributed by atoms with Crippen LogP contribution in [-0.4, -0.2) is 31.6 Å². The Labute approximate surface area is 165 Å². The zero-order chi connectivity index (χ0) is 19.2. The lowest BCUT2D eigenvalue weighted by atomic mass is 10.1. The number of nitrogens with one attached hydrogen (secondary N) is 1. The minimum Gasteiger partial charge on any atom is -0.439 e. The van der Waals surface area contributed by atoms with Crippen LogP contribution in [0.2, 0.25) is 0 Å². The zero-order valence-corrected chi connectivity index (χ0v) is 16.8. The van der Waals surface area contributed by atoms with Crippen molar-refractivity contribution >= 4 is 28.2 Å². The topological polar surface area (TPSA) is 111 Å². The van der Waals surface area contributed by atoms with Gasteiger partial charge in [0.2, 0.25) is 11.8 Å². The highest BCUT2D eigenvalue weighted by Crippen LogP contribution is 2.25. The van der Waals surface area contributed by atoms with Gasteiger partial charge in [-0.3, -0.25) is 4.79 Å². The molecular weight excluding hydrogens is 390 g/mol. The first-order valence-electron chi connectivity index (χ1n) is 8.26. The smallest absolute Gasteiger partial charge is 0.237 e. The molecule has 1 heterocycles. The molecule has 7 nitrogen and oxygen atoms in total. The molecule has 0 radical (unpaired) electrons. The summed E-state index contributed by atoms with van der Waals surface area (Å²) in [7, 11) is -3.34. The molecule has 0 spiro atoms. The van der Waals surface area contributed by atoms with Gasteiger partial charge in [-0.2, -0.15) is 0 Å². The van der Waals surface area contributed by atoms with E-state index in [1.165, 1.54) is 12.1 Å². The molecule has 3 N–H and O–H groups in total. The second-order valence-corrected chi connectivity index (χ2v) is 7.95. The number of ether oxygens (including phenoxy) is 1. The van der Waals surface area contributed by atoms with Gasteiger partial charge in [-0.15, -0.1) is 12.4 Å². The van der Waals surface area contributed by atoms with Crippen molar-refractivity contribution in [3.63, 3.8) is 0 Å². The monoisotopic (exact) mass is 413 g/mol. The van der Waals surface area contributed by atoms with Crippen LogP contribution in [-0.2, 0) is 21.2 Å². The number of nitrogens with two attached hydrogens (primary N) is 1. The van der Waals surface area contributed by atoms with Crippen LogP contribution in [0, 0.1) is 0 Å². The van der Waals surface area contributed by atoms with E-state index in [9.17, 15) is 13.2 Å². The summed E-state index contributed by atoms with van der Waals surface area (Å²) in [6.45, 7) is 2.18. The average Bonchev–Trinajstić information content (AvgIpc) is 2.60. The van der Waals surface area contributed by atoms with Gasteiger partial charge in [0, 0.05) is 24.6 Å². The first-order valence-corrected chi connectivity index (χ1v) is 10.2. The lowest BCUT2D eigenvalue weighted by Crippen LogP contribution is -2.40. The quantitative estimate of drug-likeness (QED) is 0.687. The molecule has 9 heteroatoms. The predicted molar refractivity (Wildman–Crippen MR) is 106 cm³/mol. The summed E-state index contributed by atoms with van der Waals surface area (Å²) >= 11 is 0. The number of benzene rings is 1. The van der Waals surface area contributed by atoms with E-state index < -0.39 is 15.9 Å². The molecule has 1 aromatic heterocycles. The molecule has 0 aliphatic rings. The van der Waals surface area contributed by atoms with Gasteiger partial charge in [0.25, 0.3) is 0 Å². The molecular formula is C18H24ClN3O4S. The lowest BCUT2D eigenvalue weighted by molar-refractivity contribution is -0.122. The second kappa shape index (κ2) is 10.2. The van der Waals surface area contributed by atoms with E-state index in [0.717, 1.165) is 12.7 Å². The Bertz CT molecular complexity index is 874. The van der Waals surface area contributed by atoms with E-state index in [1.54, 1.807) is 30.5 Å². The Morgan fingerprint density at radius 3 is 2.70 bits per heavy atom. The van der Waals surface area contributed by atoms with Gasteiger partial charge in [0.1, 0.15) is 5.75 Å². The molecule has 0 aliphatic heterocycles. The van der Waals surface area contributed by atoms with Gasteiger partial charge in [0.15, 0.2) is 9.84 Å². The molecule has 1 amide bonds. The summed E-state index contributed by atoms with van der Waals surface area (Å²) in [6.07, 6.45) is 4.13. The fraction of sp³-hybridized carbons (Fsp3) is 0.333. The third kappa shape index (κ3) is 6.82. The third-order valence-corrected chi connectivity index (χ3v) is 4.80. The van der Waals surface area contributed by atoms with Crippen molar-refractivity contribution in [2.45, 2.75) is 37.2 Å². The van der Waals surface area contributed by atoms with E-state index in [-0.39, 0.29) is 29.8 Å². The number of hydrogen-bond donors (Lipinski definition) is 2. The summed E-state index contributed by atoms with van der Waals surface area (Å²) < 4.78 is 29.1. The number of carbonyl (C=O) groups is 1. The van der Waals surface area contributed by atoms with Gasteiger partial charge < -0.3 is 15.8 Å². The Morgan fingerprint density at radius 2 is 2.04 bits per heavy atom. The average molecular weight is 414 g/mol. The minimum absolute atomic E-state index is 0. The highest BCUT2D eigenvalue weighted by molar-refractivity contribution is 7.90. The molecule has 1 aromatic carbocycles. The van der Waals surface area contributed by atoms with Crippen molar-refractivity contribution in [2.75, 3.05) is 6.26 Å². The van der Waals surface area contributed by atoms with E-state index in [2.05, 4.69) is 10.3 Å². The molecule has 27 heavy (non-hydrogen) atoms. The maximum atomic E-state index is 12.0. The number of sulfone groups is 1. The molecule has 0 saturated heterocycles. The minimum atomic E-state index is -3.34.